The second-order valence-electron chi connectivity index (χ2n) is 7.45. The van der Waals surface area contributed by atoms with Crippen LogP contribution in [0.1, 0.15) is 64.9 Å². The van der Waals surface area contributed by atoms with E-state index in [1.165, 1.54) is 6.92 Å². The van der Waals surface area contributed by atoms with Crippen molar-refractivity contribution < 1.29 is 19.1 Å². The summed E-state index contributed by atoms with van der Waals surface area (Å²) >= 11 is 0. The van der Waals surface area contributed by atoms with Crippen molar-refractivity contribution in [3.8, 4) is 0 Å². The number of para-hydroxylation sites is 1. The number of nitrogens with one attached hydrogen (secondary N) is 1. The Labute approximate surface area is 164 Å². The molecule has 0 spiro atoms. The van der Waals surface area contributed by atoms with E-state index in [0.717, 1.165) is 24.1 Å². The monoisotopic (exact) mass is 382 g/mol. The Morgan fingerprint density at radius 3 is 2.54 bits per heavy atom. The SMILES string of the molecule is CC(=O)c1c(C)[nH]c(C(=O)OC(C)C(=O)N2c3ccccc3CCC2C)c1C. The third kappa shape index (κ3) is 3.46. The molecular formula is C22H26N2O4. The van der Waals surface area contributed by atoms with Gasteiger partial charge in [0.1, 0.15) is 5.69 Å². The lowest BCUT2D eigenvalue weighted by molar-refractivity contribution is -0.127. The minimum atomic E-state index is -0.940. The molecule has 0 bridgehead atoms. The van der Waals surface area contributed by atoms with Crippen molar-refractivity contribution in [2.24, 2.45) is 0 Å². The number of carbonyl (C=O) groups is 3. The first-order chi connectivity index (χ1) is 13.2. The smallest absolute Gasteiger partial charge is 0.355 e. The highest BCUT2D eigenvalue weighted by Gasteiger charge is 2.33. The van der Waals surface area contributed by atoms with Gasteiger partial charge in [-0.1, -0.05) is 18.2 Å². The molecule has 0 saturated carbocycles. The Hall–Kier alpha value is -2.89. The number of Topliss-reactive ketones (excluding diaryl/α,β-unsaturated/α-hetero) is 1. The highest BCUT2D eigenvalue weighted by molar-refractivity contribution is 6.03. The molecule has 0 radical (unpaired) electrons. The fourth-order valence-electron chi connectivity index (χ4n) is 3.97. The zero-order valence-electron chi connectivity index (χ0n) is 17.0. The second kappa shape index (κ2) is 7.62. The van der Waals surface area contributed by atoms with Gasteiger partial charge in [-0.2, -0.15) is 0 Å². The summed E-state index contributed by atoms with van der Waals surface area (Å²) in [6.07, 6.45) is 0.842. The van der Waals surface area contributed by atoms with Crippen molar-refractivity contribution in [3.63, 3.8) is 0 Å². The van der Waals surface area contributed by atoms with E-state index < -0.39 is 12.1 Å². The lowest BCUT2D eigenvalue weighted by Gasteiger charge is -2.36. The van der Waals surface area contributed by atoms with Crippen LogP contribution in [0.3, 0.4) is 0 Å². The normalized spacial score (nSPS) is 17.0. The summed E-state index contributed by atoms with van der Waals surface area (Å²) in [4.78, 5) is 42.2. The number of benzene rings is 1. The summed E-state index contributed by atoms with van der Waals surface area (Å²) in [6, 6.07) is 7.84. The van der Waals surface area contributed by atoms with Crippen molar-refractivity contribution in [1.82, 2.24) is 4.98 Å². The third-order valence-corrected chi connectivity index (χ3v) is 5.39. The van der Waals surface area contributed by atoms with Gasteiger partial charge in [-0.05, 0) is 64.7 Å². The molecular weight excluding hydrogens is 356 g/mol. The highest BCUT2D eigenvalue weighted by atomic mass is 16.5. The number of aromatic nitrogens is 1. The molecule has 1 aliphatic heterocycles. The number of esters is 1. The molecule has 2 heterocycles. The zero-order chi connectivity index (χ0) is 20.6. The van der Waals surface area contributed by atoms with Gasteiger partial charge < -0.3 is 14.6 Å². The number of hydrogen-bond acceptors (Lipinski definition) is 4. The Morgan fingerprint density at radius 2 is 1.89 bits per heavy atom. The molecule has 2 atom stereocenters. The Bertz CT molecular complexity index is 944. The molecule has 1 aliphatic rings. The van der Waals surface area contributed by atoms with E-state index in [1.807, 2.05) is 31.2 Å². The van der Waals surface area contributed by atoms with Gasteiger partial charge >= 0.3 is 5.97 Å². The van der Waals surface area contributed by atoms with Crippen LogP contribution < -0.4 is 4.90 Å². The Kier molecular flexibility index (Phi) is 5.40. The number of ketones is 1. The van der Waals surface area contributed by atoms with Crippen LogP contribution in [0.15, 0.2) is 24.3 Å². The number of hydrogen-bond donors (Lipinski definition) is 1. The van der Waals surface area contributed by atoms with Crippen LogP contribution in [0.4, 0.5) is 5.69 Å². The molecule has 2 unspecified atom stereocenters. The van der Waals surface area contributed by atoms with Crippen molar-refractivity contribution in [2.45, 2.75) is 59.6 Å². The van der Waals surface area contributed by atoms with Gasteiger partial charge in [-0.3, -0.25) is 9.59 Å². The molecule has 28 heavy (non-hydrogen) atoms. The van der Waals surface area contributed by atoms with Crippen LogP contribution >= 0.6 is 0 Å². The molecule has 148 valence electrons. The van der Waals surface area contributed by atoms with E-state index >= 15 is 0 Å². The number of anilines is 1. The minimum absolute atomic E-state index is 0.0299. The number of rotatable bonds is 4. The first kappa shape index (κ1) is 19.9. The number of aromatic amines is 1. The summed E-state index contributed by atoms with van der Waals surface area (Å²) in [5.74, 6) is -0.999. The van der Waals surface area contributed by atoms with E-state index in [4.69, 9.17) is 4.74 Å². The zero-order valence-corrected chi connectivity index (χ0v) is 17.0. The van der Waals surface area contributed by atoms with Crippen LogP contribution in [0.2, 0.25) is 0 Å². The summed E-state index contributed by atoms with van der Waals surface area (Å²) < 4.78 is 5.47. The quantitative estimate of drug-likeness (QED) is 0.645. The van der Waals surface area contributed by atoms with Crippen LogP contribution in [0.5, 0.6) is 0 Å². The molecule has 6 nitrogen and oxygen atoms in total. The summed E-state index contributed by atoms with van der Waals surface area (Å²) in [7, 11) is 0. The van der Waals surface area contributed by atoms with E-state index in [-0.39, 0.29) is 23.4 Å². The van der Waals surface area contributed by atoms with Gasteiger partial charge in [0, 0.05) is 23.0 Å². The van der Waals surface area contributed by atoms with Gasteiger partial charge in [-0.25, -0.2) is 4.79 Å². The number of H-pyrrole nitrogens is 1. The van der Waals surface area contributed by atoms with Gasteiger partial charge in [-0.15, -0.1) is 0 Å². The molecule has 2 aromatic rings. The fraction of sp³-hybridized carbons (Fsp3) is 0.409. The lowest BCUT2D eigenvalue weighted by Crippen LogP contribution is -2.47. The number of nitrogens with zero attached hydrogens (tertiary/aromatic N) is 1. The van der Waals surface area contributed by atoms with Gasteiger partial charge in [0.15, 0.2) is 11.9 Å². The summed E-state index contributed by atoms with van der Waals surface area (Å²) in [5.41, 5.74) is 3.87. The van der Waals surface area contributed by atoms with Crippen LogP contribution in [-0.2, 0) is 16.0 Å². The average Bonchev–Trinajstić information content (AvgIpc) is 2.95. The Balaban J connectivity index is 1.81. The molecule has 0 saturated heterocycles. The van der Waals surface area contributed by atoms with Crippen molar-refractivity contribution >= 4 is 23.3 Å². The van der Waals surface area contributed by atoms with Crippen molar-refractivity contribution in [2.75, 3.05) is 4.90 Å². The van der Waals surface area contributed by atoms with Crippen molar-refractivity contribution in [1.29, 1.82) is 0 Å². The molecule has 1 N–H and O–H groups in total. The molecule has 0 fully saturated rings. The van der Waals surface area contributed by atoms with Crippen LogP contribution in [0.25, 0.3) is 0 Å². The van der Waals surface area contributed by atoms with Crippen molar-refractivity contribution in [3.05, 3.63) is 52.3 Å². The molecule has 1 aromatic heterocycles. The summed E-state index contributed by atoms with van der Waals surface area (Å²) in [6.45, 7) is 8.48. The van der Waals surface area contributed by atoms with E-state index in [1.54, 1.807) is 25.7 Å². The first-order valence-electron chi connectivity index (χ1n) is 9.54. The molecule has 3 rings (SSSR count). The molecule has 0 aliphatic carbocycles. The largest absolute Gasteiger partial charge is 0.448 e. The lowest BCUT2D eigenvalue weighted by atomic mass is 9.96. The number of carbonyl (C=O) groups excluding carboxylic acids is 3. The predicted molar refractivity (Wildman–Crippen MR) is 107 cm³/mol. The maximum absolute atomic E-state index is 13.1. The number of amides is 1. The average molecular weight is 382 g/mol. The maximum Gasteiger partial charge on any atom is 0.355 e. The Morgan fingerprint density at radius 1 is 1.21 bits per heavy atom. The highest BCUT2D eigenvalue weighted by Crippen LogP contribution is 2.31. The standard InChI is InChI=1S/C22H26N2O4/c1-12-10-11-17-8-6-7-9-18(17)24(12)21(26)16(5)28-22(27)20-13(2)19(15(4)25)14(3)23-20/h6-9,12,16,23H,10-11H2,1-5H3. The van der Waals surface area contributed by atoms with Crippen LogP contribution in [0, 0.1) is 13.8 Å². The molecule has 1 aromatic carbocycles. The number of aryl methyl sites for hydroxylation is 2. The van der Waals surface area contributed by atoms with Gasteiger partial charge in [0.05, 0.1) is 0 Å². The minimum Gasteiger partial charge on any atom is -0.448 e. The molecule has 6 heteroatoms. The molecule has 1 amide bonds. The summed E-state index contributed by atoms with van der Waals surface area (Å²) in [5, 5.41) is 0. The van der Waals surface area contributed by atoms with E-state index in [9.17, 15) is 14.4 Å². The topological polar surface area (TPSA) is 79.5 Å². The van der Waals surface area contributed by atoms with Gasteiger partial charge in [0.25, 0.3) is 5.91 Å². The van der Waals surface area contributed by atoms with Gasteiger partial charge in [0.2, 0.25) is 0 Å². The number of fused-ring (bicyclic) bond motifs is 1. The maximum atomic E-state index is 13.1. The predicted octanol–water partition coefficient (Wildman–Crippen LogP) is 3.75. The fourth-order valence-corrected chi connectivity index (χ4v) is 3.97. The van der Waals surface area contributed by atoms with E-state index in [2.05, 4.69) is 4.98 Å². The number of ether oxygens (including phenoxy) is 1. The first-order valence-corrected chi connectivity index (χ1v) is 9.54. The second-order valence-corrected chi connectivity index (χ2v) is 7.45. The third-order valence-electron chi connectivity index (χ3n) is 5.39. The van der Waals surface area contributed by atoms with E-state index in [0.29, 0.717) is 16.8 Å². The van der Waals surface area contributed by atoms with Crippen LogP contribution in [-0.4, -0.2) is 34.8 Å².